The molecule has 136 valence electrons. The van der Waals surface area contributed by atoms with Crippen LogP contribution in [-0.4, -0.2) is 20.1 Å². The number of nitrogens with one attached hydrogen (secondary N) is 1. The lowest BCUT2D eigenvalue weighted by atomic mass is 9.85. The van der Waals surface area contributed by atoms with Crippen LogP contribution < -0.4 is 4.72 Å². The number of aliphatic hydroxyl groups excluding tert-OH is 1. The second-order valence-corrected chi connectivity index (χ2v) is 10.3. The van der Waals surface area contributed by atoms with Gasteiger partial charge < -0.3 is 5.11 Å². The second kappa shape index (κ2) is 7.48. The zero-order valence-corrected chi connectivity index (χ0v) is 17.3. The van der Waals surface area contributed by atoms with Crippen LogP contribution in [0.15, 0.2) is 45.8 Å². The normalized spacial score (nSPS) is 18.4. The van der Waals surface area contributed by atoms with Crippen LogP contribution in [0.4, 0.5) is 0 Å². The lowest BCUT2D eigenvalue weighted by Gasteiger charge is -2.28. The first-order valence-electron chi connectivity index (χ1n) is 8.37. The van der Waals surface area contributed by atoms with E-state index >= 15 is 0 Å². The van der Waals surface area contributed by atoms with Crippen LogP contribution in [0.3, 0.4) is 0 Å². The van der Waals surface area contributed by atoms with Gasteiger partial charge in [0.05, 0.1) is 11.0 Å². The molecule has 1 unspecified atom stereocenters. The van der Waals surface area contributed by atoms with E-state index < -0.39 is 16.1 Å². The van der Waals surface area contributed by atoms with Crippen molar-refractivity contribution in [2.75, 3.05) is 6.54 Å². The average molecular weight is 444 g/mol. The Balaban J connectivity index is 1.84. The first-order valence-corrected chi connectivity index (χ1v) is 11.5. The Labute approximate surface area is 161 Å². The van der Waals surface area contributed by atoms with Crippen molar-refractivity contribution in [3.8, 4) is 0 Å². The maximum atomic E-state index is 12.7. The predicted octanol–water partition coefficient (Wildman–Crippen LogP) is 4.35. The van der Waals surface area contributed by atoms with Crippen molar-refractivity contribution in [3.05, 3.63) is 50.6 Å². The monoisotopic (exact) mass is 443 g/mol. The van der Waals surface area contributed by atoms with Crippen molar-refractivity contribution < 1.29 is 13.5 Å². The minimum absolute atomic E-state index is 0.174. The van der Waals surface area contributed by atoms with E-state index in [4.69, 9.17) is 0 Å². The molecule has 7 heteroatoms. The summed E-state index contributed by atoms with van der Waals surface area (Å²) in [6.45, 7) is 2.14. The number of hydrogen-bond donors (Lipinski definition) is 2. The van der Waals surface area contributed by atoms with Gasteiger partial charge in [0.1, 0.15) is 0 Å². The van der Waals surface area contributed by atoms with Gasteiger partial charge in [0, 0.05) is 26.2 Å². The molecule has 1 saturated carbocycles. The molecule has 1 aliphatic rings. The Hall–Kier alpha value is -0.730. The summed E-state index contributed by atoms with van der Waals surface area (Å²) in [4.78, 5) is 2.35. The summed E-state index contributed by atoms with van der Waals surface area (Å²) in [6.07, 6.45) is 3.63. The van der Waals surface area contributed by atoms with Crippen LogP contribution in [0.25, 0.3) is 0 Å². The van der Waals surface area contributed by atoms with Gasteiger partial charge in [0.2, 0.25) is 10.0 Å². The van der Waals surface area contributed by atoms with E-state index in [9.17, 15) is 13.5 Å². The molecule has 1 aromatic heterocycles. The van der Waals surface area contributed by atoms with Crippen molar-refractivity contribution in [1.29, 1.82) is 0 Å². The van der Waals surface area contributed by atoms with Crippen molar-refractivity contribution in [2.24, 2.45) is 0 Å². The van der Waals surface area contributed by atoms with Gasteiger partial charge in [-0.05, 0) is 60.0 Å². The maximum absolute atomic E-state index is 12.7. The fourth-order valence-corrected chi connectivity index (χ4v) is 6.72. The quantitative estimate of drug-likeness (QED) is 0.696. The first kappa shape index (κ1) is 19.0. The molecule has 1 fully saturated rings. The third kappa shape index (κ3) is 4.01. The van der Waals surface area contributed by atoms with E-state index in [1.54, 1.807) is 42.5 Å². The molecule has 0 bridgehead atoms. The topological polar surface area (TPSA) is 66.4 Å². The summed E-state index contributed by atoms with van der Waals surface area (Å²) in [6, 6.07) is 10.8. The molecule has 0 spiro atoms. The standard InChI is InChI=1S/C18H22BrNO3S2/c1-13(21)15-8-9-17(24-15)18(10-4-5-11-18)12-20-25(22,23)16-7-3-2-6-14(16)19/h2-3,6-9,13,20-21H,4-5,10-12H2,1H3. The molecule has 3 rings (SSSR count). The molecule has 0 aliphatic heterocycles. The van der Waals surface area contributed by atoms with E-state index in [1.165, 1.54) is 0 Å². The molecular formula is C18H22BrNO3S2. The number of hydrogen-bond acceptors (Lipinski definition) is 4. The molecule has 1 heterocycles. The highest BCUT2D eigenvalue weighted by atomic mass is 79.9. The highest BCUT2D eigenvalue weighted by molar-refractivity contribution is 9.10. The Morgan fingerprint density at radius 2 is 1.92 bits per heavy atom. The average Bonchev–Trinajstić information content (AvgIpc) is 3.23. The third-order valence-corrected chi connectivity index (χ3v) is 8.76. The molecule has 2 N–H and O–H groups in total. The Bertz CT molecular complexity index is 840. The number of sulfonamides is 1. The predicted molar refractivity (Wildman–Crippen MR) is 104 cm³/mol. The molecule has 4 nitrogen and oxygen atoms in total. The van der Waals surface area contributed by atoms with Gasteiger partial charge in [-0.3, -0.25) is 0 Å². The van der Waals surface area contributed by atoms with Crippen LogP contribution >= 0.6 is 27.3 Å². The van der Waals surface area contributed by atoms with E-state index in [0.29, 0.717) is 11.0 Å². The molecule has 1 atom stereocenters. The van der Waals surface area contributed by atoms with Crippen LogP contribution in [0.5, 0.6) is 0 Å². The summed E-state index contributed by atoms with van der Waals surface area (Å²) < 4.78 is 28.8. The number of benzene rings is 1. The van der Waals surface area contributed by atoms with E-state index in [2.05, 4.69) is 20.7 Å². The van der Waals surface area contributed by atoms with E-state index in [1.807, 2.05) is 12.1 Å². The summed E-state index contributed by atoms with van der Waals surface area (Å²) in [7, 11) is -3.58. The number of rotatable bonds is 6. The zero-order chi connectivity index (χ0) is 18.1. The van der Waals surface area contributed by atoms with Gasteiger partial charge in [-0.15, -0.1) is 11.3 Å². The molecule has 0 radical (unpaired) electrons. The largest absolute Gasteiger partial charge is 0.388 e. The third-order valence-electron chi connectivity index (χ3n) is 4.85. The van der Waals surface area contributed by atoms with Gasteiger partial charge in [0.15, 0.2) is 0 Å². The summed E-state index contributed by atoms with van der Waals surface area (Å²) in [5.74, 6) is 0. The highest BCUT2D eigenvalue weighted by Gasteiger charge is 2.38. The van der Waals surface area contributed by atoms with E-state index in [-0.39, 0.29) is 10.3 Å². The van der Waals surface area contributed by atoms with Crippen LogP contribution in [-0.2, 0) is 15.4 Å². The SMILES string of the molecule is CC(O)c1ccc(C2(CNS(=O)(=O)c3ccccc3Br)CCCC2)s1. The Kier molecular flexibility index (Phi) is 5.70. The minimum atomic E-state index is -3.58. The van der Waals surface area contributed by atoms with Gasteiger partial charge in [-0.2, -0.15) is 0 Å². The molecule has 2 aromatic rings. The van der Waals surface area contributed by atoms with Gasteiger partial charge in [0.25, 0.3) is 0 Å². The minimum Gasteiger partial charge on any atom is -0.388 e. The fraction of sp³-hybridized carbons (Fsp3) is 0.444. The lowest BCUT2D eigenvalue weighted by Crippen LogP contribution is -2.38. The molecule has 0 amide bonds. The molecule has 1 aromatic carbocycles. The first-order chi connectivity index (χ1) is 11.8. The Morgan fingerprint density at radius 3 is 2.52 bits per heavy atom. The van der Waals surface area contributed by atoms with Crippen molar-refractivity contribution >= 4 is 37.3 Å². The summed E-state index contributed by atoms with van der Waals surface area (Å²) in [5, 5.41) is 9.80. The van der Waals surface area contributed by atoms with Gasteiger partial charge in [-0.25, -0.2) is 13.1 Å². The lowest BCUT2D eigenvalue weighted by molar-refractivity contribution is 0.203. The highest BCUT2D eigenvalue weighted by Crippen LogP contribution is 2.44. The Morgan fingerprint density at radius 1 is 1.24 bits per heavy atom. The van der Waals surface area contributed by atoms with Crippen molar-refractivity contribution in [1.82, 2.24) is 4.72 Å². The van der Waals surface area contributed by atoms with Crippen molar-refractivity contribution in [2.45, 2.75) is 49.0 Å². The smallest absolute Gasteiger partial charge is 0.241 e. The van der Waals surface area contributed by atoms with Gasteiger partial charge in [-0.1, -0.05) is 25.0 Å². The zero-order valence-electron chi connectivity index (χ0n) is 14.0. The molecule has 25 heavy (non-hydrogen) atoms. The molecule has 1 aliphatic carbocycles. The number of aliphatic hydroxyl groups is 1. The van der Waals surface area contributed by atoms with Crippen molar-refractivity contribution in [3.63, 3.8) is 0 Å². The maximum Gasteiger partial charge on any atom is 0.241 e. The summed E-state index contributed by atoms with van der Waals surface area (Å²) in [5.41, 5.74) is -0.174. The van der Waals surface area contributed by atoms with Crippen LogP contribution in [0.2, 0.25) is 0 Å². The number of halogens is 1. The van der Waals surface area contributed by atoms with E-state index in [0.717, 1.165) is 35.4 Å². The molecule has 0 saturated heterocycles. The van der Waals surface area contributed by atoms with Crippen LogP contribution in [0, 0.1) is 0 Å². The number of thiophene rings is 1. The molecular weight excluding hydrogens is 422 g/mol. The summed E-state index contributed by atoms with van der Waals surface area (Å²) >= 11 is 4.91. The van der Waals surface area contributed by atoms with Crippen LogP contribution in [0.1, 0.15) is 48.5 Å². The van der Waals surface area contributed by atoms with Gasteiger partial charge >= 0.3 is 0 Å². The second-order valence-electron chi connectivity index (χ2n) is 6.62. The fourth-order valence-electron chi connectivity index (χ4n) is 3.40.